The Hall–Kier alpha value is -0.590. The van der Waals surface area contributed by atoms with E-state index < -0.39 is 0 Å². The molecule has 0 aromatic rings. The molecule has 0 aromatic carbocycles. The van der Waals surface area contributed by atoms with Crippen molar-refractivity contribution in [1.82, 2.24) is 4.90 Å². The molecule has 0 N–H and O–H groups in total. The van der Waals surface area contributed by atoms with Gasteiger partial charge in [-0.25, -0.2) is 0 Å². The Labute approximate surface area is 72.9 Å². The quantitative estimate of drug-likeness (QED) is 0.607. The van der Waals surface area contributed by atoms with Crippen molar-refractivity contribution in [1.29, 1.82) is 5.26 Å². The van der Waals surface area contributed by atoms with Crippen molar-refractivity contribution in [3.63, 3.8) is 0 Å². The fourth-order valence-electron chi connectivity index (χ4n) is 2.09. The van der Waals surface area contributed by atoms with Gasteiger partial charge in [-0.15, -0.1) is 0 Å². The Balaban J connectivity index is 1.82. The topological polar surface area (TPSA) is 36.3 Å². The van der Waals surface area contributed by atoms with Crippen molar-refractivity contribution in [3.8, 4) is 6.07 Å². The smallest absolute Gasteiger partial charge is 0.0707 e. The number of fused-ring (bicyclic) bond motifs is 2. The van der Waals surface area contributed by atoms with E-state index in [0.29, 0.717) is 18.6 Å². The minimum absolute atomic E-state index is 0.461. The molecule has 0 aliphatic carbocycles. The van der Waals surface area contributed by atoms with E-state index in [1.807, 2.05) is 0 Å². The van der Waals surface area contributed by atoms with Gasteiger partial charge < -0.3 is 4.74 Å². The van der Waals surface area contributed by atoms with Crippen molar-refractivity contribution >= 4 is 0 Å². The first-order chi connectivity index (χ1) is 5.88. The van der Waals surface area contributed by atoms with Crippen LogP contribution in [0.5, 0.6) is 0 Å². The second-order valence-electron chi connectivity index (χ2n) is 3.63. The lowest BCUT2D eigenvalue weighted by molar-refractivity contribution is -0.0374. The molecule has 2 bridgehead atoms. The highest BCUT2D eigenvalue weighted by atomic mass is 16.5. The fourth-order valence-corrected chi connectivity index (χ4v) is 2.09. The number of morpholine rings is 1. The Bertz CT molecular complexity index is 187. The molecule has 2 atom stereocenters. The molecule has 2 heterocycles. The molecule has 66 valence electrons. The molecule has 2 fully saturated rings. The van der Waals surface area contributed by atoms with Gasteiger partial charge in [-0.05, 0) is 12.8 Å². The normalized spacial score (nSPS) is 34.9. The van der Waals surface area contributed by atoms with Crippen molar-refractivity contribution in [2.75, 3.05) is 19.6 Å². The minimum Gasteiger partial charge on any atom is -0.372 e. The molecule has 0 amide bonds. The van der Waals surface area contributed by atoms with Crippen molar-refractivity contribution in [2.45, 2.75) is 31.5 Å². The summed E-state index contributed by atoms with van der Waals surface area (Å²) >= 11 is 0. The summed E-state index contributed by atoms with van der Waals surface area (Å²) in [6, 6.07) is 2.18. The summed E-state index contributed by atoms with van der Waals surface area (Å²) in [5.41, 5.74) is 0. The van der Waals surface area contributed by atoms with Crippen LogP contribution in [0.15, 0.2) is 0 Å². The van der Waals surface area contributed by atoms with E-state index in [9.17, 15) is 0 Å². The summed E-state index contributed by atoms with van der Waals surface area (Å²) in [5, 5.41) is 8.44. The van der Waals surface area contributed by atoms with Gasteiger partial charge in [-0.3, -0.25) is 4.90 Å². The molecular weight excluding hydrogens is 152 g/mol. The second kappa shape index (κ2) is 3.42. The van der Waals surface area contributed by atoms with Gasteiger partial charge in [-0.1, -0.05) is 0 Å². The summed E-state index contributed by atoms with van der Waals surface area (Å²) in [6.07, 6.45) is 4.01. The van der Waals surface area contributed by atoms with E-state index in [0.717, 1.165) is 19.6 Å². The van der Waals surface area contributed by atoms with E-state index >= 15 is 0 Å². The third kappa shape index (κ3) is 1.60. The molecule has 3 heteroatoms. The van der Waals surface area contributed by atoms with Crippen molar-refractivity contribution in [2.24, 2.45) is 0 Å². The Kier molecular flexibility index (Phi) is 2.29. The molecule has 2 saturated heterocycles. The Morgan fingerprint density at radius 1 is 1.33 bits per heavy atom. The molecule has 0 saturated carbocycles. The van der Waals surface area contributed by atoms with Crippen LogP contribution in [0.4, 0.5) is 0 Å². The lowest BCUT2D eigenvalue weighted by Gasteiger charge is -2.31. The van der Waals surface area contributed by atoms with Gasteiger partial charge in [0.25, 0.3) is 0 Å². The zero-order chi connectivity index (χ0) is 8.39. The number of ether oxygens (including phenoxy) is 1. The van der Waals surface area contributed by atoms with Crippen LogP contribution in [0, 0.1) is 11.3 Å². The van der Waals surface area contributed by atoms with Crippen molar-refractivity contribution < 1.29 is 4.74 Å². The highest BCUT2D eigenvalue weighted by Crippen LogP contribution is 2.25. The maximum Gasteiger partial charge on any atom is 0.0707 e. The van der Waals surface area contributed by atoms with Gasteiger partial charge in [0.1, 0.15) is 0 Å². The predicted octanol–water partition coefficient (Wildman–Crippen LogP) is 0.763. The number of hydrogen-bond donors (Lipinski definition) is 0. The SMILES string of the molecule is N#CCCN1CC2CCC(C1)O2. The van der Waals surface area contributed by atoms with Gasteiger partial charge in [0.15, 0.2) is 0 Å². The van der Waals surface area contributed by atoms with Crippen LogP contribution in [0.2, 0.25) is 0 Å². The standard InChI is InChI=1S/C9H14N2O/c10-4-1-5-11-6-8-2-3-9(7-11)12-8/h8-9H,1-3,5-7H2. The Morgan fingerprint density at radius 3 is 2.58 bits per heavy atom. The summed E-state index contributed by atoms with van der Waals surface area (Å²) < 4.78 is 5.68. The molecule has 2 aliphatic rings. The fraction of sp³-hybridized carbons (Fsp3) is 0.889. The van der Waals surface area contributed by atoms with Crippen LogP contribution in [-0.4, -0.2) is 36.7 Å². The molecule has 0 radical (unpaired) electrons. The molecule has 2 rings (SSSR count). The molecule has 2 unspecified atom stereocenters. The Morgan fingerprint density at radius 2 is 2.00 bits per heavy atom. The predicted molar refractivity (Wildman–Crippen MR) is 44.6 cm³/mol. The maximum atomic E-state index is 8.44. The van der Waals surface area contributed by atoms with Crippen LogP contribution < -0.4 is 0 Å². The van der Waals surface area contributed by atoms with Crippen LogP contribution in [0.3, 0.4) is 0 Å². The minimum atomic E-state index is 0.461. The van der Waals surface area contributed by atoms with Gasteiger partial charge >= 0.3 is 0 Å². The molecule has 0 spiro atoms. The lowest BCUT2D eigenvalue weighted by Crippen LogP contribution is -2.42. The van der Waals surface area contributed by atoms with Gasteiger partial charge in [-0.2, -0.15) is 5.26 Å². The molecular formula is C9H14N2O. The number of rotatable bonds is 2. The van der Waals surface area contributed by atoms with E-state index in [2.05, 4.69) is 11.0 Å². The van der Waals surface area contributed by atoms with Crippen LogP contribution in [0.1, 0.15) is 19.3 Å². The van der Waals surface area contributed by atoms with E-state index in [1.54, 1.807) is 0 Å². The third-order valence-corrected chi connectivity index (χ3v) is 2.66. The lowest BCUT2D eigenvalue weighted by atomic mass is 10.2. The third-order valence-electron chi connectivity index (χ3n) is 2.66. The summed E-state index contributed by atoms with van der Waals surface area (Å²) in [6.45, 7) is 3.00. The number of nitrogens with zero attached hydrogens (tertiary/aromatic N) is 2. The summed E-state index contributed by atoms with van der Waals surface area (Å²) in [4.78, 5) is 2.36. The zero-order valence-corrected chi connectivity index (χ0v) is 7.20. The first-order valence-electron chi connectivity index (χ1n) is 4.63. The second-order valence-corrected chi connectivity index (χ2v) is 3.63. The van der Waals surface area contributed by atoms with Gasteiger partial charge in [0.2, 0.25) is 0 Å². The van der Waals surface area contributed by atoms with Gasteiger partial charge in [0.05, 0.1) is 18.3 Å². The van der Waals surface area contributed by atoms with Crippen LogP contribution in [-0.2, 0) is 4.74 Å². The first kappa shape index (κ1) is 8.03. The van der Waals surface area contributed by atoms with Crippen molar-refractivity contribution in [3.05, 3.63) is 0 Å². The monoisotopic (exact) mass is 166 g/mol. The number of hydrogen-bond acceptors (Lipinski definition) is 3. The van der Waals surface area contributed by atoms with E-state index in [4.69, 9.17) is 10.00 Å². The van der Waals surface area contributed by atoms with Crippen LogP contribution in [0.25, 0.3) is 0 Å². The van der Waals surface area contributed by atoms with Crippen LogP contribution >= 0.6 is 0 Å². The zero-order valence-electron chi connectivity index (χ0n) is 7.20. The average molecular weight is 166 g/mol. The number of likely N-dealkylation sites (tertiary alicyclic amines) is 1. The number of nitriles is 1. The molecule has 3 nitrogen and oxygen atoms in total. The molecule has 12 heavy (non-hydrogen) atoms. The maximum absolute atomic E-state index is 8.44. The highest BCUT2D eigenvalue weighted by Gasteiger charge is 2.32. The molecule has 2 aliphatic heterocycles. The first-order valence-corrected chi connectivity index (χ1v) is 4.63. The van der Waals surface area contributed by atoms with E-state index in [-0.39, 0.29) is 0 Å². The van der Waals surface area contributed by atoms with E-state index in [1.165, 1.54) is 12.8 Å². The molecule has 0 aromatic heterocycles. The largest absolute Gasteiger partial charge is 0.372 e. The van der Waals surface area contributed by atoms with Gasteiger partial charge in [0, 0.05) is 26.1 Å². The summed E-state index contributed by atoms with van der Waals surface area (Å²) in [7, 11) is 0. The highest BCUT2D eigenvalue weighted by molar-refractivity contribution is 4.86. The summed E-state index contributed by atoms with van der Waals surface area (Å²) in [5.74, 6) is 0. The average Bonchev–Trinajstić information content (AvgIpc) is 2.42.